The van der Waals surface area contributed by atoms with Crippen molar-refractivity contribution in [3.05, 3.63) is 47.0 Å². The van der Waals surface area contributed by atoms with Crippen molar-refractivity contribution >= 4 is 17.5 Å². The second-order valence-electron chi connectivity index (χ2n) is 6.51. The molecule has 2 saturated carbocycles. The number of aromatic nitrogens is 3. The van der Waals surface area contributed by atoms with E-state index < -0.39 is 0 Å². The van der Waals surface area contributed by atoms with Crippen LogP contribution < -0.4 is 5.32 Å². The van der Waals surface area contributed by atoms with Gasteiger partial charge in [0, 0.05) is 24.0 Å². The number of nitrogens with one attached hydrogen (secondary N) is 1. The summed E-state index contributed by atoms with van der Waals surface area (Å²) in [6.45, 7) is 1.31. The predicted octanol–water partition coefficient (Wildman–Crippen LogP) is 2.66. The van der Waals surface area contributed by atoms with Gasteiger partial charge in [0.25, 0.3) is 0 Å². The minimum Gasteiger partial charge on any atom is -0.354 e. The van der Waals surface area contributed by atoms with Gasteiger partial charge in [-0.25, -0.2) is 0 Å². The van der Waals surface area contributed by atoms with Crippen molar-refractivity contribution in [2.75, 3.05) is 6.54 Å². The summed E-state index contributed by atoms with van der Waals surface area (Å²) in [6, 6.07) is 7.64. The van der Waals surface area contributed by atoms with Gasteiger partial charge < -0.3 is 9.88 Å². The molecular formula is C17H19ClN4O. The van der Waals surface area contributed by atoms with Gasteiger partial charge >= 0.3 is 0 Å². The highest BCUT2D eigenvalue weighted by Gasteiger charge is 2.51. The van der Waals surface area contributed by atoms with Gasteiger partial charge in [-0.1, -0.05) is 23.7 Å². The molecule has 5 nitrogen and oxygen atoms in total. The Bertz CT molecular complexity index is 734. The van der Waals surface area contributed by atoms with Crippen LogP contribution in [0, 0.1) is 0 Å². The Morgan fingerprint density at radius 1 is 1.39 bits per heavy atom. The zero-order valence-electron chi connectivity index (χ0n) is 12.8. The lowest BCUT2D eigenvalue weighted by Gasteiger charge is -2.16. The SMILES string of the molecule is O=C(NCCn1cnnc1C1CC1)C1(c2cccc(Cl)c2)CC1. The molecule has 1 aromatic carbocycles. The number of amides is 1. The van der Waals surface area contributed by atoms with Crippen LogP contribution in [0.25, 0.3) is 0 Å². The number of nitrogens with zero attached hydrogens (tertiary/aromatic N) is 3. The van der Waals surface area contributed by atoms with Gasteiger partial charge in [-0.2, -0.15) is 0 Å². The van der Waals surface area contributed by atoms with Crippen molar-refractivity contribution in [3.63, 3.8) is 0 Å². The maximum absolute atomic E-state index is 12.6. The summed E-state index contributed by atoms with van der Waals surface area (Å²) in [4.78, 5) is 12.6. The first-order valence-corrected chi connectivity index (χ1v) is 8.49. The van der Waals surface area contributed by atoms with Crippen LogP contribution in [-0.4, -0.2) is 27.2 Å². The number of benzene rings is 1. The molecule has 0 atom stereocenters. The van der Waals surface area contributed by atoms with E-state index in [-0.39, 0.29) is 11.3 Å². The molecule has 2 aliphatic carbocycles. The number of hydrogen-bond donors (Lipinski definition) is 1. The highest BCUT2D eigenvalue weighted by molar-refractivity contribution is 6.30. The lowest BCUT2D eigenvalue weighted by atomic mass is 9.95. The second kappa shape index (κ2) is 5.64. The van der Waals surface area contributed by atoms with E-state index in [9.17, 15) is 4.79 Å². The molecule has 0 unspecified atom stereocenters. The third-order valence-electron chi connectivity index (χ3n) is 4.79. The summed E-state index contributed by atoms with van der Waals surface area (Å²) in [5.74, 6) is 1.71. The molecular weight excluding hydrogens is 312 g/mol. The molecule has 4 rings (SSSR count). The zero-order chi connectivity index (χ0) is 15.9. The Kier molecular flexibility index (Phi) is 3.60. The van der Waals surface area contributed by atoms with E-state index in [1.165, 1.54) is 12.8 Å². The number of carbonyl (C=O) groups is 1. The van der Waals surface area contributed by atoms with E-state index in [4.69, 9.17) is 11.6 Å². The fourth-order valence-electron chi connectivity index (χ4n) is 3.11. The molecule has 1 N–H and O–H groups in total. The van der Waals surface area contributed by atoms with Crippen LogP contribution in [0.5, 0.6) is 0 Å². The number of hydrogen-bond acceptors (Lipinski definition) is 3. The van der Waals surface area contributed by atoms with Gasteiger partial charge in [-0.15, -0.1) is 10.2 Å². The fourth-order valence-corrected chi connectivity index (χ4v) is 3.30. The van der Waals surface area contributed by atoms with Crippen molar-refractivity contribution in [3.8, 4) is 0 Å². The Morgan fingerprint density at radius 3 is 2.91 bits per heavy atom. The maximum atomic E-state index is 12.6. The van der Waals surface area contributed by atoms with Crippen LogP contribution >= 0.6 is 11.6 Å². The van der Waals surface area contributed by atoms with Gasteiger partial charge in [0.05, 0.1) is 5.41 Å². The van der Waals surface area contributed by atoms with Crippen LogP contribution in [0.4, 0.5) is 0 Å². The first-order chi connectivity index (χ1) is 11.2. The highest BCUT2D eigenvalue weighted by atomic mass is 35.5. The first kappa shape index (κ1) is 14.7. The summed E-state index contributed by atoms with van der Waals surface area (Å²) >= 11 is 6.06. The molecule has 2 aliphatic rings. The van der Waals surface area contributed by atoms with Crippen molar-refractivity contribution in [2.24, 2.45) is 0 Å². The zero-order valence-corrected chi connectivity index (χ0v) is 13.6. The summed E-state index contributed by atoms with van der Waals surface area (Å²) in [5, 5.41) is 11.9. The molecule has 2 aromatic rings. The first-order valence-electron chi connectivity index (χ1n) is 8.11. The minimum absolute atomic E-state index is 0.0980. The van der Waals surface area contributed by atoms with Gasteiger partial charge in [0.15, 0.2) is 0 Å². The maximum Gasteiger partial charge on any atom is 0.230 e. The van der Waals surface area contributed by atoms with Crippen molar-refractivity contribution in [1.29, 1.82) is 0 Å². The Morgan fingerprint density at radius 2 is 2.22 bits per heavy atom. The van der Waals surface area contributed by atoms with Crippen molar-refractivity contribution in [1.82, 2.24) is 20.1 Å². The van der Waals surface area contributed by atoms with E-state index in [1.807, 2.05) is 24.3 Å². The van der Waals surface area contributed by atoms with Crippen molar-refractivity contribution in [2.45, 2.75) is 43.6 Å². The molecule has 1 amide bonds. The molecule has 120 valence electrons. The molecule has 2 fully saturated rings. The highest BCUT2D eigenvalue weighted by Crippen LogP contribution is 2.48. The third-order valence-corrected chi connectivity index (χ3v) is 5.02. The van der Waals surface area contributed by atoms with E-state index in [0.29, 0.717) is 17.5 Å². The monoisotopic (exact) mass is 330 g/mol. The number of rotatable bonds is 6. The number of carbonyl (C=O) groups excluding carboxylic acids is 1. The number of halogens is 1. The van der Waals surface area contributed by atoms with Crippen LogP contribution in [-0.2, 0) is 16.8 Å². The topological polar surface area (TPSA) is 59.8 Å². The summed E-state index contributed by atoms with van der Waals surface area (Å²) in [7, 11) is 0. The largest absolute Gasteiger partial charge is 0.354 e. The van der Waals surface area contributed by atoms with Crippen LogP contribution in [0.15, 0.2) is 30.6 Å². The van der Waals surface area contributed by atoms with Gasteiger partial charge in [-0.3, -0.25) is 4.79 Å². The Balaban J connectivity index is 1.37. The van der Waals surface area contributed by atoms with Crippen LogP contribution in [0.1, 0.15) is 43.0 Å². The normalized spacial score (nSPS) is 18.7. The van der Waals surface area contributed by atoms with E-state index in [1.54, 1.807) is 6.33 Å². The lowest BCUT2D eigenvalue weighted by molar-refractivity contribution is -0.123. The fraction of sp³-hybridized carbons (Fsp3) is 0.471. The molecule has 0 aliphatic heterocycles. The molecule has 0 radical (unpaired) electrons. The van der Waals surface area contributed by atoms with Crippen molar-refractivity contribution < 1.29 is 4.79 Å². The summed E-state index contributed by atoms with van der Waals surface area (Å²) in [6.07, 6.45) is 5.92. The standard InChI is InChI=1S/C17H19ClN4O/c18-14-3-1-2-13(10-14)17(6-7-17)16(23)19-8-9-22-11-20-21-15(22)12-4-5-12/h1-3,10-12H,4-9H2,(H,19,23). The van der Waals surface area contributed by atoms with E-state index in [0.717, 1.165) is 30.8 Å². The van der Waals surface area contributed by atoms with Gasteiger partial charge in [0.1, 0.15) is 12.2 Å². The molecule has 0 bridgehead atoms. The second-order valence-corrected chi connectivity index (χ2v) is 6.94. The van der Waals surface area contributed by atoms with Gasteiger partial charge in [0.2, 0.25) is 5.91 Å². The van der Waals surface area contributed by atoms with E-state index in [2.05, 4.69) is 20.1 Å². The molecule has 0 saturated heterocycles. The van der Waals surface area contributed by atoms with Crippen LogP contribution in [0.2, 0.25) is 5.02 Å². The average Bonchev–Trinajstić information content (AvgIpc) is 3.46. The quantitative estimate of drug-likeness (QED) is 0.885. The summed E-state index contributed by atoms with van der Waals surface area (Å²) < 4.78 is 2.05. The molecule has 1 aromatic heterocycles. The minimum atomic E-state index is -0.378. The molecule has 0 spiro atoms. The molecule has 23 heavy (non-hydrogen) atoms. The van der Waals surface area contributed by atoms with Gasteiger partial charge in [-0.05, 0) is 43.4 Å². The smallest absolute Gasteiger partial charge is 0.230 e. The Labute approximate surface area is 140 Å². The average molecular weight is 331 g/mol. The lowest BCUT2D eigenvalue weighted by Crippen LogP contribution is -2.36. The van der Waals surface area contributed by atoms with E-state index >= 15 is 0 Å². The third kappa shape index (κ3) is 2.85. The molecule has 6 heteroatoms. The summed E-state index contributed by atoms with van der Waals surface area (Å²) in [5.41, 5.74) is 0.641. The molecule has 1 heterocycles. The van der Waals surface area contributed by atoms with Crippen LogP contribution in [0.3, 0.4) is 0 Å². The predicted molar refractivity (Wildman–Crippen MR) is 87.4 cm³/mol. The Hall–Kier alpha value is -1.88.